The Morgan fingerprint density at radius 3 is 2.59 bits per heavy atom. The number of piperazine rings is 1. The fourth-order valence-corrected chi connectivity index (χ4v) is 4.81. The third kappa shape index (κ3) is 4.01. The maximum absolute atomic E-state index is 11.9. The summed E-state index contributed by atoms with van der Waals surface area (Å²) in [5, 5.41) is 11.3. The molecular weight excluding hydrogens is 436 g/mol. The Bertz CT molecular complexity index is 1230. The van der Waals surface area contributed by atoms with Crippen molar-refractivity contribution in [1.29, 1.82) is 0 Å². The van der Waals surface area contributed by atoms with Gasteiger partial charge in [-0.15, -0.1) is 0 Å². The highest BCUT2D eigenvalue weighted by atomic mass is 16.5. The Balaban J connectivity index is 1.45. The molecule has 5 rings (SSSR count). The molecular formula is C25H27N4O5-. The summed E-state index contributed by atoms with van der Waals surface area (Å²) in [6.45, 7) is 5.65. The second kappa shape index (κ2) is 9.08. The highest BCUT2D eigenvalue weighted by Gasteiger charge is 2.34. The van der Waals surface area contributed by atoms with Gasteiger partial charge in [-0.05, 0) is 42.8 Å². The van der Waals surface area contributed by atoms with Gasteiger partial charge in [0.05, 0.1) is 23.6 Å². The summed E-state index contributed by atoms with van der Waals surface area (Å²) in [6.07, 6.45) is 0.472. The summed E-state index contributed by atoms with van der Waals surface area (Å²) in [5.41, 5.74) is 3.46. The van der Waals surface area contributed by atoms with Crippen LogP contribution in [0.15, 0.2) is 42.5 Å². The number of anilines is 1. The fraction of sp³-hybridized carbons (Fsp3) is 0.400. The molecule has 0 amide bonds. The lowest BCUT2D eigenvalue weighted by atomic mass is 10.1. The van der Waals surface area contributed by atoms with Gasteiger partial charge in [-0.3, -0.25) is 14.3 Å². The maximum Gasteiger partial charge on any atom is 0.323 e. The number of rotatable bonds is 6. The molecule has 2 aromatic carbocycles. The number of aromatic nitrogens is 2. The molecule has 0 radical (unpaired) electrons. The van der Waals surface area contributed by atoms with Gasteiger partial charge in [-0.25, -0.2) is 4.98 Å². The van der Waals surface area contributed by atoms with Crippen LogP contribution in [0.25, 0.3) is 16.7 Å². The average Bonchev–Trinajstić information content (AvgIpc) is 3.46. The zero-order valence-electron chi connectivity index (χ0n) is 19.3. The number of methoxy groups -OCH3 is 1. The molecule has 2 atom stereocenters. The number of carboxylic acid groups (broad SMARTS) is 1. The Morgan fingerprint density at radius 2 is 1.91 bits per heavy atom. The lowest BCUT2D eigenvalue weighted by Gasteiger charge is -2.38. The monoisotopic (exact) mass is 463 g/mol. The molecule has 2 aliphatic rings. The molecule has 3 aromatic rings. The standard InChI is InChI=1S/C25H28N4O5/c1-16(33-2)23-26-20-14-17(24(30)31)6-7-21(20)29(23)19-5-3-4-18(15-19)27-9-11-28(12-10-27)22-8-13-34-25(22)32/h3-7,14-16,22H,8-13H2,1-2H3,(H,30,31)/p-1. The normalized spacial score (nSPS) is 20.0. The van der Waals surface area contributed by atoms with Crippen LogP contribution in [-0.2, 0) is 14.3 Å². The first-order valence-electron chi connectivity index (χ1n) is 11.5. The summed E-state index contributed by atoms with van der Waals surface area (Å²) >= 11 is 0. The number of ether oxygens (including phenoxy) is 2. The second-order valence-corrected chi connectivity index (χ2v) is 8.69. The van der Waals surface area contributed by atoms with E-state index >= 15 is 0 Å². The van der Waals surface area contributed by atoms with Gasteiger partial charge in [0.25, 0.3) is 0 Å². The first-order valence-corrected chi connectivity index (χ1v) is 11.5. The van der Waals surface area contributed by atoms with E-state index in [0.717, 1.165) is 49.5 Å². The molecule has 3 heterocycles. The predicted molar refractivity (Wildman–Crippen MR) is 124 cm³/mol. The number of aromatic carboxylic acids is 1. The number of carbonyl (C=O) groups excluding carboxylic acids is 2. The molecule has 0 spiro atoms. The first-order chi connectivity index (χ1) is 16.5. The van der Waals surface area contributed by atoms with E-state index < -0.39 is 5.97 Å². The molecule has 0 saturated carbocycles. The molecule has 0 aliphatic carbocycles. The number of carboxylic acids is 1. The number of imidazole rings is 1. The van der Waals surface area contributed by atoms with E-state index in [4.69, 9.17) is 9.47 Å². The molecule has 0 N–H and O–H groups in total. The van der Waals surface area contributed by atoms with Crippen molar-refractivity contribution in [2.24, 2.45) is 0 Å². The lowest BCUT2D eigenvalue weighted by Crippen LogP contribution is -2.51. The quantitative estimate of drug-likeness (QED) is 0.508. The molecule has 9 nitrogen and oxygen atoms in total. The van der Waals surface area contributed by atoms with Crippen molar-refractivity contribution in [2.75, 3.05) is 44.8 Å². The molecule has 2 fully saturated rings. The number of hydrogen-bond donors (Lipinski definition) is 0. The van der Waals surface area contributed by atoms with Crippen molar-refractivity contribution in [1.82, 2.24) is 14.5 Å². The van der Waals surface area contributed by atoms with Crippen molar-refractivity contribution < 1.29 is 24.2 Å². The van der Waals surface area contributed by atoms with Gasteiger partial charge in [-0.2, -0.15) is 0 Å². The summed E-state index contributed by atoms with van der Waals surface area (Å²) in [7, 11) is 1.62. The van der Waals surface area contributed by atoms with E-state index in [1.807, 2.05) is 23.6 Å². The Kier molecular flexibility index (Phi) is 5.97. The average molecular weight is 464 g/mol. The van der Waals surface area contributed by atoms with Crippen LogP contribution in [0.4, 0.5) is 5.69 Å². The molecule has 34 heavy (non-hydrogen) atoms. The van der Waals surface area contributed by atoms with Crippen molar-refractivity contribution in [2.45, 2.75) is 25.5 Å². The van der Waals surface area contributed by atoms with Crippen molar-refractivity contribution in [3.8, 4) is 5.69 Å². The van der Waals surface area contributed by atoms with Crippen LogP contribution in [0.3, 0.4) is 0 Å². The van der Waals surface area contributed by atoms with E-state index in [-0.39, 0.29) is 23.7 Å². The van der Waals surface area contributed by atoms with Crippen LogP contribution >= 0.6 is 0 Å². The summed E-state index contributed by atoms with van der Waals surface area (Å²) in [5.74, 6) is -0.649. The highest BCUT2D eigenvalue weighted by molar-refractivity contribution is 5.91. The number of nitrogens with zero attached hydrogens (tertiary/aromatic N) is 4. The zero-order chi connectivity index (χ0) is 23.8. The van der Waals surface area contributed by atoms with Crippen LogP contribution in [0.1, 0.15) is 35.6 Å². The van der Waals surface area contributed by atoms with Gasteiger partial charge in [0.15, 0.2) is 0 Å². The van der Waals surface area contributed by atoms with E-state index in [9.17, 15) is 14.7 Å². The van der Waals surface area contributed by atoms with Crippen molar-refractivity contribution >= 4 is 28.7 Å². The van der Waals surface area contributed by atoms with E-state index in [1.54, 1.807) is 13.2 Å². The summed E-state index contributed by atoms with van der Waals surface area (Å²) in [6, 6.07) is 12.9. The Labute approximate surface area is 197 Å². The second-order valence-electron chi connectivity index (χ2n) is 8.69. The number of hydrogen-bond acceptors (Lipinski definition) is 8. The maximum atomic E-state index is 11.9. The lowest BCUT2D eigenvalue weighted by molar-refractivity contribution is -0.255. The molecule has 2 aliphatic heterocycles. The highest BCUT2D eigenvalue weighted by Crippen LogP contribution is 2.30. The van der Waals surface area contributed by atoms with E-state index in [0.29, 0.717) is 17.9 Å². The minimum absolute atomic E-state index is 0.0894. The fourth-order valence-electron chi connectivity index (χ4n) is 4.81. The Hall–Kier alpha value is -3.43. The molecule has 178 valence electrons. The molecule has 1 aromatic heterocycles. The van der Waals surface area contributed by atoms with Gasteiger partial charge in [0, 0.05) is 51.1 Å². The van der Waals surface area contributed by atoms with Crippen LogP contribution in [0, 0.1) is 0 Å². The largest absolute Gasteiger partial charge is 0.545 e. The van der Waals surface area contributed by atoms with Crippen LogP contribution < -0.4 is 10.0 Å². The van der Waals surface area contributed by atoms with Crippen molar-refractivity contribution in [3.05, 3.63) is 53.9 Å². The minimum Gasteiger partial charge on any atom is -0.545 e. The first kappa shape index (κ1) is 22.4. The minimum atomic E-state index is -1.23. The molecule has 9 heteroatoms. The van der Waals surface area contributed by atoms with Gasteiger partial charge in [-0.1, -0.05) is 12.1 Å². The van der Waals surface area contributed by atoms with Gasteiger partial charge in [0.2, 0.25) is 0 Å². The summed E-state index contributed by atoms with van der Waals surface area (Å²) < 4.78 is 12.7. The van der Waals surface area contributed by atoms with E-state index in [1.165, 1.54) is 12.1 Å². The molecule has 2 unspecified atom stereocenters. The molecule has 2 saturated heterocycles. The SMILES string of the molecule is COC(C)c1nc2cc(C(=O)[O-])ccc2n1-c1cccc(N2CCN(C3CCOC3=O)CC2)c1. The van der Waals surface area contributed by atoms with Crippen LogP contribution in [0.5, 0.6) is 0 Å². The number of carbonyl (C=O) groups is 2. The van der Waals surface area contributed by atoms with Crippen LogP contribution in [-0.4, -0.2) is 72.3 Å². The van der Waals surface area contributed by atoms with Gasteiger partial charge < -0.3 is 24.3 Å². The number of benzene rings is 2. The van der Waals surface area contributed by atoms with Crippen molar-refractivity contribution in [3.63, 3.8) is 0 Å². The Morgan fingerprint density at radius 1 is 1.15 bits per heavy atom. The number of esters is 1. The van der Waals surface area contributed by atoms with E-state index in [2.05, 4.69) is 26.9 Å². The zero-order valence-corrected chi connectivity index (χ0v) is 19.3. The van der Waals surface area contributed by atoms with Gasteiger partial charge in [0.1, 0.15) is 18.0 Å². The summed E-state index contributed by atoms with van der Waals surface area (Å²) in [4.78, 5) is 32.5. The molecule has 0 bridgehead atoms. The number of fused-ring (bicyclic) bond motifs is 1. The third-order valence-electron chi connectivity index (χ3n) is 6.75. The van der Waals surface area contributed by atoms with Gasteiger partial charge >= 0.3 is 5.97 Å². The topological polar surface area (TPSA) is 100.0 Å². The third-order valence-corrected chi connectivity index (χ3v) is 6.75. The number of cyclic esters (lactones) is 1. The smallest absolute Gasteiger partial charge is 0.323 e. The predicted octanol–water partition coefficient (Wildman–Crippen LogP) is 1.53. The van der Waals surface area contributed by atoms with Crippen LogP contribution in [0.2, 0.25) is 0 Å².